The van der Waals surface area contributed by atoms with Crippen LogP contribution >= 0.6 is 11.6 Å². The molecule has 0 aliphatic rings. The van der Waals surface area contributed by atoms with Crippen LogP contribution in [0.4, 0.5) is 4.79 Å². The zero-order chi connectivity index (χ0) is 14.6. The highest BCUT2D eigenvalue weighted by molar-refractivity contribution is 6.62. The van der Waals surface area contributed by atoms with Crippen molar-refractivity contribution >= 4 is 30.3 Å². The van der Waals surface area contributed by atoms with E-state index in [2.05, 4.69) is 10.3 Å². The number of carbonyl (C=O) groups excluding carboxylic acids is 1. The van der Waals surface area contributed by atoms with Gasteiger partial charge in [-0.3, -0.25) is 0 Å². The highest BCUT2D eigenvalue weighted by Crippen LogP contribution is 2.07. The molecule has 0 aliphatic carbocycles. The predicted molar refractivity (Wildman–Crippen MR) is 72.1 cm³/mol. The molecule has 3 N–H and O–H groups in total. The molecule has 1 aromatic rings. The number of ether oxygens (including phenoxy) is 1. The van der Waals surface area contributed by atoms with Crippen LogP contribution in [0.15, 0.2) is 12.3 Å². The highest BCUT2D eigenvalue weighted by atomic mass is 35.5. The minimum absolute atomic E-state index is 0.0102. The van der Waals surface area contributed by atoms with Crippen molar-refractivity contribution in [3.8, 4) is 0 Å². The Bertz CT molecular complexity index is 462. The summed E-state index contributed by atoms with van der Waals surface area (Å²) in [6.07, 6.45) is 0.875. The van der Waals surface area contributed by atoms with Crippen molar-refractivity contribution in [2.75, 3.05) is 0 Å². The van der Waals surface area contributed by atoms with E-state index in [1.807, 2.05) is 0 Å². The summed E-state index contributed by atoms with van der Waals surface area (Å²) < 4.78 is 5.07. The van der Waals surface area contributed by atoms with E-state index in [-0.39, 0.29) is 17.2 Å². The molecule has 0 saturated heterocycles. The number of alkyl carbamates (subject to hydrolysis) is 1. The number of carbonyl (C=O) groups is 1. The molecule has 6 nitrogen and oxygen atoms in total. The molecule has 1 amide bonds. The molecule has 0 fully saturated rings. The van der Waals surface area contributed by atoms with E-state index in [1.54, 1.807) is 20.8 Å². The van der Waals surface area contributed by atoms with Crippen LogP contribution < -0.4 is 10.8 Å². The molecule has 0 aliphatic heterocycles. The molecule has 19 heavy (non-hydrogen) atoms. The molecule has 1 heterocycles. The molecule has 104 valence electrons. The molecule has 0 unspecified atom stereocenters. The van der Waals surface area contributed by atoms with Gasteiger partial charge in [0.25, 0.3) is 0 Å². The number of rotatable bonds is 3. The number of nitrogens with one attached hydrogen (secondary N) is 1. The Balaban J connectivity index is 2.64. The Labute approximate surface area is 116 Å². The van der Waals surface area contributed by atoms with Crippen LogP contribution in [0.2, 0.25) is 5.15 Å². The number of pyridine rings is 1. The maximum Gasteiger partial charge on any atom is 0.491 e. The Morgan fingerprint density at radius 3 is 2.68 bits per heavy atom. The van der Waals surface area contributed by atoms with Gasteiger partial charge in [-0.2, -0.15) is 0 Å². The standard InChI is InChI=1S/C11H16BClN2O4/c1-11(2,3)19-10(16)15-6-7-4-8(12(17)18)9(13)14-5-7/h4-5,17-18H,6H2,1-3H3,(H,15,16). The van der Waals surface area contributed by atoms with E-state index < -0.39 is 18.8 Å². The summed E-state index contributed by atoms with van der Waals surface area (Å²) >= 11 is 5.70. The van der Waals surface area contributed by atoms with E-state index in [9.17, 15) is 4.79 Å². The quantitative estimate of drug-likeness (QED) is 0.554. The second-order valence-corrected chi connectivity index (χ2v) is 5.31. The van der Waals surface area contributed by atoms with E-state index >= 15 is 0 Å². The maximum atomic E-state index is 11.4. The highest BCUT2D eigenvalue weighted by Gasteiger charge is 2.18. The van der Waals surface area contributed by atoms with Gasteiger partial charge in [0.1, 0.15) is 10.8 Å². The number of halogens is 1. The van der Waals surface area contributed by atoms with E-state index in [0.717, 1.165) is 0 Å². The molecular weight excluding hydrogens is 270 g/mol. The van der Waals surface area contributed by atoms with Gasteiger partial charge in [0.15, 0.2) is 0 Å². The van der Waals surface area contributed by atoms with Crippen molar-refractivity contribution < 1.29 is 19.6 Å². The summed E-state index contributed by atoms with van der Waals surface area (Å²) in [6.45, 7) is 5.43. The van der Waals surface area contributed by atoms with Gasteiger partial charge in [-0.1, -0.05) is 17.7 Å². The first kappa shape index (κ1) is 15.8. The molecule has 0 spiro atoms. The van der Waals surface area contributed by atoms with Crippen LogP contribution in [-0.4, -0.2) is 33.8 Å². The summed E-state index contributed by atoms with van der Waals surface area (Å²) in [7, 11) is -1.71. The van der Waals surface area contributed by atoms with Gasteiger partial charge in [0.2, 0.25) is 0 Å². The zero-order valence-electron chi connectivity index (χ0n) is 11.0. The normalized spacial score (nSPS) is 11.1. The summed E-state index contributed by atoms with van der Waals surface area (Å²) in [4.78, 5) is 15.2. The lowest BCUT2D eigenvalue weighted by molar-refractivity contribution is 0.0523. The van der Waals surface area contributed by atoms with Crippen molar-refractivity contribution in [3.05, 3.63) is 23.0 Å². The fourth-order valence-corrected chi connectivity index (χ4v) is 1.48. The van der Waals surface area contributed by atoms with Crippen molar-refractivity contribution in [3.63, 3.8) is 0 Å². The number of amides is 1. The third-order valence-corrected chi connectivity index (χ3v) is 2.35. The first-order valence-electron chi connectivity index (χ1n) is 5.66. The van der Waals surface area contributed by atoms with Gasteiger partial charge in [-0.05, 0) is 26.3 Å². The summed E-state index contributed by atoms with van der Waals surface area (Å²) in [5.74, 6) is 0. The second kappa shape index (κ2) is 6.23. The molecule has 0 atom stereocenters. The molecule has 1 rings (SSSR count). The smallest absolute Gasteiger partial charge is 0.444 e. The minimum Gasteiger partial charge on any atom is -0.444 e. The van der Waals surface area contributed by atoms with Crippen LogP contribution in [0, 0.1) is 0 Å². The Hall–Kier alpha value is -1.31. The van der Waals surface area contributed by atoms with Crippen molar-refractivity contribution in [2.45, 2.75) is 32.9 Å². The van der Waals surface area contributed by atoms with Gasteiger partial charge in [-0.15, -0.1) is 0 Å². The minimum atomic E-state index is -1.71. The Morgan fingerprint density at radius 1 is 1.53 bits per heavy atom. The lowest BCUT2D eigenvalue weighted by Crippen LogP contribution is -2.34. The number of nitrogens with zero attached hydrogens (tertiary/aromatic N) is 1. The van der Waals surface area contributed by atoms with E-state index in [1.165, 1.54) is 12.3 Å². The van der Waals surface area contributed by atoms with Crippen molar-refractivity contribution in [1.82, 2.24) is 10.3 Å². The van der Waals surface area contributed by atoms with Gasteiger partial charge in [-0.25, -0.2) is 9.78 Å². The maximum absolute atomic E-state index is 11.4. The summed E-state index contributed by atoms with van der Waals surface area (Å²) in [5.41, 5.74) is 0.0953. The fraction of sp³-hybridized carbons (Fsp3) is 0.455. The molecule has 0 aromatic carbocycles. The first-order valence-corrected chi connectivity index (χ1v) is 6.04. The van der Waals surface area contributed by atoms with Gasteiger partial charge in [0.05, 0.1) is 0 Å². The van der Waals surface area contributed by atoms with Crippen molar-refractivity contribution in [2.24, 2.45) is 0 Å². The lowest BCUT2D eigenvalue weighted by atomic mass is 9.81. The van der Waals surface area contributed by atoms with Crippen LogP contribution in [0.5, 0.6) is 0 Å². The Kier molecular flexibility index (Phi) is 5.16. The fourth-order valence-electron chi connectivity index (χ4n) is 1.28. The van der Waals surface area contributed by atoms with Crippen molar-refractivity contribution in [1.29, 1.82) is 0 Å². The predicted octanol–water partition coefficient (Wildman–Crippen LogP) is 0.439. The number of hydrogen-bond donors (Lipinski definition) is 3. The van der Waals surface area contributed by atoms with Gasteiger partial charge in [0, 0.05) is 18.2 Å². The van der Waals surface area contributed by atoms with Gasteiger partial charge >= 0.3 is 13.2 Å². The first-order chi connectivity index (χ1) is 8.69. The topological polar surface area (TPSA) is 91.7 Å². The van der Waals surface area contributed by atoms with Gasteiger partial charge < -0.3 is 20.1 Å². The molecule has 1 aromatic heterocycles. The molecular formula is C11H16BClN2O4. The van der Waals surface area contributed by atoms with Crippen LogP contribution in [0.1, 0.15) is 26.3 Å². The monoisotopic (exact) mass is 286 g/mol. The van der Waals surface area contributed by atoms with E-state index in [0.29, 0.717) is 5.56 Å². The van der Waals surface area contributed by atoms with Crippen LogP contribution in [0.25, 0.3) is 0 Å². The number of hydrogen-bond acceptors (Lipinski definition) is 5. The summed E-state index contributed by atoms with van der Waals surface area (Å²) in [6, 6.07) is 1.46. The molecule has 8 heteroatoms. The average Bonchev–Trinajstić information content (AvgIpc) is 2.25. The van der Waals surface area contributed by atoms with E-state index in [4.69, 9.17) is 26.4 Å². The second-order valence-electron chi connectivity index (χ2n) is 4.95. The average molecular weight is 287 g/mol. The Morgan fingerprint density at radius 2 is 2.16 bits per heavy atom. The van der Waals surface area contributed by atoms with Crippen LogP contribution in [-0.2, 0) is 11.3 Å². The molecule has 0 bridgehead atoms. The largest absolute Gasteiger partial charge is 0.491 e. The SMILES string of the molecule is CC(C)(C)OC(=O)NCc1cnc(Cl)c(B(O)O)c1. The lowest BCUT2D eigenvalue weighted by Gasteiger charge is -2.19. The third kappa shape index (κ3) is 5.46. The molecule has 0 radical (unpaired) electrons. The number of aromatic nitrogens is 1. The molecule has 0 saturated carbocycles. The third-order valence-electron chi connectivity index (χ3n) is 2.04. The summed E-state index contributed by atoms with van der Waals surface area (Å²) in [5, 5.41) is 20.7. The van der Waals surface area contributed by atoms with Crippen LogP contribution in [0.3, 0.4) is 0 Å². The zero-order valence-corrected chi connectivity index (χ0v) is 11.7.